The molecule has 0 radical (unpaired) electrons. The monoisotopic (exact) mass is 192 g/mol. The van der Waals surface area contributed by atoms with Gasteiger partial charge in [-0.2, -0.15) is 0 Å². The number of benzene rings is 1. The van der Waals surface area contributed by atoms with Crippen molar-refractivity contribution in [3.63, 3.8) is 0 Å². The average molecular weight is 192 g/mol. The quantitative estimate of drug-likeness (QED) is 0.681. The maximum Gasteiger partial charge on any atom is 0.164 e. The van der Waals surface area contributed by atoms with E-state index < -0.39 is 5.79 Å². The minimum Gasteiger partial charge on any atom is -0.344 e. The fraction of sp³-hybridized carbons (Fsp3) is 0.500. The Hall–Kier alpha value is -0.860. The first kappa shape index (κ1) is 9.69. The molecule has 0 spiro atoms. The normalized spacial score (nSPS) is 30.5. The van der Waals surface area contributed by atoms with E-state index in [9.17, 15) is 0 Å². The van der Waals surface area contributed by atoms with Crippen LogP contribution in [0.2, 0.25) is 0 Å². The van der Waals surface area contributed by atoms with E-state index in [4.69, 9.17) is 9.47 Å². The molecule has 0 aromatic heterocycles. The number of ether oxygens (including phenoxy) is 2. The van der Waals surface area contributed by atoms with Crippen molar-refractivity contribution in [2.45, 2.75) is 38.8 Å². The van der Waals surface area contributed by atoms with Crippen LogP contribution in [-0.4, -0.2) is 11.9 Å². The Bertz CT molecular complexity index is 305. The SMILES string of the molecule is C[C@H]1OC(C)(C)O[C@H]1c1ccccc1. The Morgan fingerprint density at radius 3 is 2.21 bits per heavy atom. The molecular formula is C12H16O2. The molecule has 2 heteroatoms. The second-order valence-electron chi connectivity index (χ2n) is 4.17. The van der Waals surface area contributed by atoms with Crippen molar-refractivity contribution in [2.75, 3.05) is 0 Å². The lowest BCUT2D eigenvalue weighted by Crippen LogP contribution is -2.20. The van der Waals surface area contributed by atoms with Crippen molar-refractivity contribution in [1.29, 1.82) is 0 Å². The molecule has 2 atom stereocenters. The van der Waals surface area contributed by atoms with E-state index in [1.165, 1.54) is 5.56 Å². The fourth-order valence-corrected chi connectivity index (χ4v) is 1.92. The van der Waals surface area contributed by atoms with Gasteiger partial charge in [0.05, 0.1) is 6.10 Å². The Balaban J connectivity index is 2.21. The summed E-state index contributed by atoms with van der Waals surface area (Å²) >= 11 is 0. The van der Waals surface area contributed by atoms with Gasteiger partial charge in [-0.1, -0.05) is 30.3 Å². The van der Waals surface area contributed by atoms with E-state index in [2.05, 4.69) is 12.1 Å². The smallest absolute Gasteiger partial charge is 0.164 e. The standard InChI is InChI=1S/C12H16O2/c1-9-11(14-12(2,3)13-9)10-7-5-4-6-8-10/h4-9,11H,1-3H3/t9-,11-/m1/s1. The summed E-state index contributed by atoms with van der Waals surface area (Å²) in [4.78, 5) is 0. The van der Waals surface area contributed by atoms with Crippen LogP contribution in [0.5, 0.6) is 0 Å². The lowest BCUT2D eigenvalue weighted by Gasteiger charge is -2.16. The van der Waals surface area contributed by atoms with Crippen LogP contribution in [-0.2, 0) is 9.47 Å². The summed E-state index contributed by atoms with van der Waals surface area (Å²) in [6.07, 6.45) is 0.179. The van der Waals surface area contributed by atoms with Gasteiger partial charge in [-0.15, -0.1) is 0 Å². The molecule has 1 heterocycles. The van der Waals surface area contributed by atoms with Gasteiger partial charge in [0, 0.05) is 0 Å². The molecule has 76 valence electrons. The summed E-state index contributed by atoms with van der Waals surface area (Å²) in [5.74, 6) is -0.458. The summed E-state index contributed by atoms with van der Waals surface area (Å²) in [6, 6.07) is 10.2. The van der Waals surface area contributed by atoms with Gasteiger partial charge in [0.1, 0.15) is 6.10 Å². The van der Waals surface area contributed by atoms with E-state index in [1.54, 1.807) is 0 Å². The Morgan fingerprint density at radius 1 is 1.07 bits per heavy atom. The summed E-state index contributed by atoms with van der Waals surface area (Å²) in [7, 11) is 0. The topological polar surface area (TPSA) is 18.5 Å². The molecule has 1 aliphatic rings. The number of hydrogen-bond acceptors (Lipinski definition) is 2. The van der Waals surface area contributed by atoms with Gasteiger partial charge in [-0.05, 0) is 26.3 Å². The molecule has 0 bridgehead atoms. The van der Waals surface area contributed by atoms with Crippen molar-refractivity contribution in [3.8, 4) is 0 Å². The molecule has 1 saturated heterocycles. The number of hydrogen-bond donors (Lipinski definition) is 0. The molecule has 0 aliphatic carbocycles. The number of rotatable bonds is 1. The van der Waals surface area contributed by atoms with E-state index >= 15 is 0 Å². The van der Waals surface area contributed by atoms with Crippen LogP contribution >= 0.6 is 0 Å². The van der Waals surface area contributed by atoms with Gasteiger partial charge < -0.3 is 9.47 Å². The third-order valence-electron chi connectivity index (χ3n) is 2.43. The van der Waals surface area contributed by atoms with Crippen molar-refractivity contribution in [3.05, 3.63) is 35.9 Å². The minimum absolute atomic E-state index is 0.0613. The van der Waals surface area contributed by atoms with Gasteiger partial charge in [0.2, 0.25) is 0 Å². The maximum absolute atomic E-state index is 5.82. The van der Waals surface area contributed by atoms with Crippen LogP contribution in [0.15, 0.2) is 30.3 Å². The zero-order valence-electron chi connectivity index (χ0n) is 8.86. The molecule has 0 N–H and O–H groups in total. The van der Waals surface area contributed by atoms with Crippen LogP contribution in [0.25, 0.3) is 0 Å². The second-order valence-corrected chi connectivity index (χ2v) is 4.17. The zero-order valence-corrected chi connectivity index (χ0v) is 8.86. The summed E-state index contributed by atoms with van der Waals surface area (Å²) in [5, 5.41) is 0. The van der Waals surface area contributed by atoms with Crippen LogP contribution < -0.4 is 0 Å². The van der Waals surface area contributed by atoms with Gasteiger partial charge in [0.25, 0.3) is 0 Å². The van der Waals surface area contributed by atoms with Gasteiger partial charge in [-0.3, -0.25) is 0 Å². The first-order valence-electron chi connectivity index (χ1n) is 4.99. The molecule has 1 aromatic rings. The molecule has 14 heavy (non-hydrogen) atoms. The summed E-state index contributed by atoms with van der Waals surface area (Å²) in [5.41, 5.74) is 1.19. The molecule has 1 aliphatic heterocycles. The molecular weight excluding hydrogens is 176 g/mol. The molecule has 0 saturated carbocycles. The largest absolute Gasteiger partial charge is 0.344 e. The van der Waals surface area contributed by atoms with Gasteiger partial charge >= 0.3 is 0 Å². The lowest BCUT2D eigenvalue weighted by atomic mass is 10.1. The van der Waals surface area contributed by atoms with E-state index in [1.807, 2.05) is 39.0 Å². The highest BCUT2D eigenvalue weighted by atomic mass is 16.7. The van der Waals surface area contributed by atoms with Gasteiger partial charge in [-0.25, -0.2) is 0 Å². The highest BCUT2D eigenvalue weighted by Gasteiger charge is 2.39. The molecule has 2 nitrogen and oxygen atoms in total. The molecule has 0 amide bonds. The van der Waals surface area contributed by atoms with Crippen molar-refractivity contribution in [1.82, 2.24) is 0 Å². The molecule has 1 aromatic carbocycles. The first-order chi connectivity index (χ1) is 6.58. The molecule has 1 fully saturated rings. The highest BCUT2D eigenvalue weighted by Crippen LogP contribution is 2.37. The van der Waals surface area contributed by atoms with Crippen LogP contribution in [0, 0.1) is 0 Å². The highest BCUT2D eigenvalue weighted by molar-refractivity contribution is 5.19. The van der Waals surface area contributed by atoms with E-state index in [-0.39, 0.29) is 12.2 Å². The zero-order chi connectivity index (χ0) is 10.2. The van der Waals surface area contributed by atoms with E-state index in [0.29, 0.717) is 0 Å². The molecule has 2 rings (SSSR count). The van der Waals surface area contributed by atoms with Crippen molar-refractivity contribution in [2.24, 2.45) is 0 Å². The van der Waals surface area contributed by atoms with Crippen LogP contribution in [0.4, 0.5) is 0 Å². The van der Waals surface area contributed by atoms with E-state index in [0.717, 1.165) is 0 Å². The predicted molar refractivity (Wildman–Crippen MR) is 54.9 cm³/mol. The predicted octanol–water partition coefficient (Wildman–Crippen LogP) is 2.90. The first-order valence-corrected chi connectivity index (χ1v) is 4.99. The Labute approximate surface area is 84.8 Å². The summed E-state index contributed by atoms with van der Waals surface area (Å²) < 4.78 is 11.5. The second kappa shape index (κ2) is 3.37. The van der Waals surface area contributed by atoms with Gasteiger partial charge in [0.15, 0.2) is 5.79 Å². The minimum atomic E-state index is -0.458. The molecule has 0 unspecified atom stereocenters. The van der Waals surface area contributed by atoms with Crippen molar-refractivity contribution < 1.29 is 9.47 Å². The van der Waals surface area contributed by atoms with Crippen molar-refractivity contribution >= 4 is 0 Å². The van der Waals surface area contributed by atoms with Crippen LogP contribution in [0.1, 0.15) is 32.4 Å². The third kappa shape index (κ3) is 1.81. The third-order valence-corrected chi connectivity index (χ3v) is 2.43. The lowest BCUT2D eigenvalue weighted by molar-refractivity contribution is -0.145. The van der Waals surface area contributed by atoms with Crippen LogP contribution in [0.3, 0.4) is 0 Å². The fourth-order valence-electron chi connectivity index (χ4n) is 1.92. The Morgan fingerprint density at radius 2 is 1.71 bits per heavy atom. The average Bonchev–Trinajstić information content (AvgIpc) is 2.41. The Kier molecular flexibility index (Phi) is 2.33. The maximum atomic E-state index is 5.82. The summed E-state index contributed by atoms with van der Waals surface area (Å²) in [6.45, 7) is 5.95.